The van der Waals surface area contributed by atoms with E-state index < -0.39 is 5.95 Å². The van der Waals surface area contributed by atoms with Gasteiger partial charge in [-0.25, -0.2) is 4.98 Å². The first-order valence-corrected chi connectivity index (χ1v) is 7.64. The Kier molecular flexibility index (Phi) is 8.19. The smallest absolute Gasteiger partial charge is 0.212 e. The average molecular weight is 266 g/mol. The third-order valence-corrected chi connectivity index (χ3v) is 3.41. The number of unbranched alkanes of at least 4 members (excludes halogenated alkanes) is 4. The number of aromatic nitrogens is 1. The second-order valence-electron chi connectivity index (χ2n) is 5.20. The van der Waals surface area contributed by atoms with Gasteiger partial charge in [0.1, 0.15) is 0 Å². The Bertz CT molecular complexity index is 314. The number of halogens is 1. The van der Waals surface area contributed by atoms with Crippen LogP contribution in [0.5, 0.6) is 0 Å². The van der Waals surface area contributed by atoms with Gasteiger partial charge in [0.15, 0.2) is 0 Å². The minimum atomic E-state index is -0.418. The molecular formula is C16H27FN2. The Hall–Kier alpha value is -1.12. The summed E-state index contributed by atoms with van der Waals surface area (Å²) < 4.78 is 12.8. The van der Waals surface area contributed by atoms with Gasteiger partial charge in [-0.3, -0.25) is 0 Å². The molecule has 0 spiro atoms. The zero-order chi connectivity index (χ0) is 13.9. The van der Waals surface area contributed by atoms with Gasteiger partial charge in [0, 0.05) is 6.04 Å². The van der Waals surface area contributed by atoms with Crippen LogP contribution >= 0.6 is 0 Å². The van der Waals surface area contributed by atoms with Gasteiger partial charge in [0.2, 0.25) is 5.95 Å². The summed E-state index contributed by atoms with van der Waals surface area (Å²) in [5, 5.41) is 3.49. The molecule has 0 bridgehead atoms. The zero-order valence-corrected chi connectivity index (χ0v) is 12.3. The van der Waals surface area contributed by atoms with Crippen molar-refractivity contribution in [3.05, 3.63) is 24.3 Å². The van der Waals surface area contributed by atoms with Gasteiger partial charge in [0.05, 0.1) is 11.9 Å². The zero-order valence-electron chi connectivity index (χ0n) is 12.3. The van der Waals surface area contributed by atoms with E-state index in [-0.39, 0.29) is 0 Å². The summed E-state index contributed by atoms with van der Waals surface area (Å²) in [5.74, 6) is -0.418. The van der Waals surface area contributed by atoms with Crippen molar-refractivity contribution in [2.45, 2.75) is 71.3 Å². The van der Waals surface area contributed by atoms with E-state index >= 15 is 0 Å². The van der Waals surface area contributed by atoms with Gasteiger partial charge in [-0.05, 0) is 25.0 Å². The summed E-state index contributed by atoms with van der Waals surface area (Å²) in [6.45, 7) is 4.45. The third-order valence-electron chi connectivity index (χ3n) is 3.41. The highest BCUT2D eigenvalue weighted by molar-refractivity contribution is 5.40. The quantitative estimate of drug-likeness (QED) is 0.467. The molecule has 1 heterocycles. The topological polar surface area (TPSA) is 24.9 Å². The molecule has 1 aromatic heterocycles. The lowest BCUT2D eigenvalue weighted by Crippen LogP contribution is -2.19. The highest BCUT2D eigenvalue weighted by Gasteiger charge is 2.08. The van der Waals surface area contributed by atoms with Crippen LogP contribution in [0.25, 0.3) is 0 Å². The van der Waals surface area contributed by atoms with Crippen LogP contribution in [0.3, 0.4) is 0 Å². The predicted molar refractivity (Wildman–Crippen MR) is 79.9 cm³/mol. The Balaban J connectivity index is 2.44. The molecule has 0 saturated heterocycles. The molecule has 0 fully saturated rings. The monoisotopic (exact) mass is 266 g/mol. The number of anilines is 1. The molecule has 0 aliphatic heterocycles. The highest BCUT2D eigenvalue weighted by Crippen LogP contribution is 2.16. The molecule has 19 heavy (non-hydrogen) atoms. The lowest BCUT2D eigenvalue weighted by Gasteiger charge is -2.19. The number of pyridine rings is 1. The molecule has 3 heteroatoms. The number of nitrogens with zero attached hydrogens (tertiary/aromatic N) is 1. The van der Waals surface area contributed by atoms with Crippen molar-refractivity contribution in [3.8, 4) is 0 Å². The summed E-state index contributed by atoms with van der Waals surface area (Å²) in [5.41, 5.74) is 0.930. The Morgan fingerprint density at radius 2 is 1.68 bits per heavy atom. The number of hydrogen-bond acceptors (Lipinski definition) is 2. The van der Waals surface area contributed by atoms with Crippen LogP contribution in [0.15, 0.2) is 18.3 Å². The first-order chi connectivity index (χ1) is 9.26. The Morgan fingerprint density at radius 1 is 1.05 bits per heavy atom. The van der Waals surface area contributed by atoms with Crippen molar-refractivity contribution in [2.24, 2.45) is 0 Å². The van der Waals surface area contributed by atoms with Crippen LogP contribution < -0.4 is 5.32 Å². The maximum absolute atomic E-state index is 12.8. The van der Waals surface area contributed by atoms with E-state index in [9.17, 15) is 4.39 Å². The summed E-state index contributed by atoms with van der Waals surface area (Å²) in [6, 6.07) is 3.68. The van der Waals surface area contributed by atoms with E-state index in [2.05, 4.69) is 24.1 Å². The van der Waals surface area contributed by atoms with Crippen LogP contribution in [0.2, 0.25) is 0 Å². The summed E-state index contributed by atoms with van der Waals surface area (Å²) in [4.78, 5) is 3.70. The lowest BCUT2D eigenvalue weighted by atomic mass is 10.0. The summed E-state index contributed by atoms with van der Waals surface area (Å²) >= 11 is 0. The number of nitrogens with one attached hydrogen (secondary N) is 1. The average Bonchev–Trinajstić information content (AvgIpc) is 2.41. The van der Waals surface area contributed by atoms with Crippen LogP contribution in [0.1, 0.15) is 65.2 Å². The largest absolute Gasteiger partial charge is 0.381 e. The first kappa shape index (κ1) is 15.9. The SMILES string of the molecule is CCCCCC(CCCCC)Nc1ccc(F)nc1. The second kappa shape index (κ2) is 9.76. The fourth-order valence-electron chi connectivity index (χ4n) is 2.27. The Labute approximate surface area is 116 Å². The standard InChI is InChI=1S/C16H27FN2/c1-3-5-7-9-14(10-8-6-4-2)19-15-11-12-16(17)18-13-15/h11-14,19H,3-10H2,1-2H3. The molecule has 0 saturated carbocycles. The van der Waals surface area contributed by atoms with Gasteiger partial charge < -0.3 is 5.32 Å². The van der Waals surface area contributed by atoms with Gasteiger partial charge in [-0.15, -0.1) is 0 Å². The van der Waals surface area contributed by atoms with Crippen LogP contribution in [0.4, 0.5) is 10.1 Å². The molecule has 0 radical (unpaired) electrons. The van der Waals surface area contributed by atoms with E-state index in [1.165, 1.54) is 57.4 Å². The fraction of sp³-hybridized carbons (Fsp3) is 0.688. The molecule has 0 atom stereocenters. The Morgan fingerprint density at radius 3 is 2.16 bits per heavy atom. The van der Waals surface area contributed by atoms with Gasteiger partial charge in [-0.2, -0.15) is 4.39 Å². The third kappa shape index (κ3) is 7.14. The summed E-state index contributed by atoms with van der Waals surface area (Å²) in [6.07, 6.45) is 11.6. The number of rotatable bonds is 10. The maximum atomic E-state index is 12.8. The molecule has 1 aromatic rings. The molecule has 108 valence electrons. The minimum Gasteiger partial charge on any atom is -0.381 e. The molecule has 0 unspecified atom stereocenters. The van der Waals surface area contributed by atoms with E-state index in [0.29, 0.717) is 6.04 Å². The van der Waals surface area contributed by atoms with Crippen molar-refractivity contribution in [1.29, 1.82) is 0 Å². The predicted octanol–water partition coefficient (Wildman–Crippen LogP) is 5.16. The van der Waals surface area contributed by atoms with E-state index in [1.807, 2.05) is 0 Å². The van der Waals surface area contributed by atoms with E-state index in [0.717, 1.165) is 5.69 Å². The fourth-order valence-corrected chi connectivity index (χ4v) is 2.27. The maximum Gasteiger partial charge on any atom is 0.212 e. The molecule has 0 aliphatic carbocycles. The second-order valence-corrected chi connectivity index (χ2v) is 5.20. The van der Waals surface area contributed by atoms with Gasteiger partial charge in [0.25, 0.3) is 0 Å². The van der Waals surface area contributed by atoms with E-state index in [1.54, 1.807) is 12.3 Å². The molecule has 2 nitrogen and oxygen atoms in total. The van der Waals surface area contributed by atoms with Crippen molar-refractivity contribution in [2.75, 3.05) is 5.32 Å². The van der Waals surface area contributed by atoms with Gasteiger partial charge >= 0.3 is 0 Å². The first-order valence-electron chi connectivity index (χ1n) is 7.64. The molecule has 1 rings (SSSR count). The van der Waals surface area contributed by atoms with Crippen LogP contribution in [-0.4, -0.2) is 11.0 Å². The van der Waals surface area contributed by atoms with Crippen molar-refractivity contribution >= 4 is 5.69 Å². The molecule has 0 aromatic carbocycles. The minimum absolute atomic E-state index is 0.418. The van der Waals surface area contributed by atoms with Crippen molar-refractivity contribution < 1.29 is 4.39 Å². The molecule has 1 N–H and O–H groups in total. The van der Waals surface area contributed by atoms with E-state index in [4.69, 9.17) is 0 Å². The normalized spacial score (nSPS) is 10.9. The van der Waals surface area contributed by atoms with Crippen molar-refractivity contribution in [1.82, 2.24) is 4.98 Å². The molecule has 0 aliphatic rings. The van der Waals surface area contributed by atoms with Crippen molar-refractivity contribution in [3.63, 3.8) is 0 Å². The highest BCUT2D eigenvalue weighted by atomic mass is 19.1. The lowest BCUT2D eigenvalue weighted by molar-refractivity contribution is 0.525. The summed E-state index contributed by atoms with van der Waals surface area (Å²) in [7, 11) is 0. The number of hydrogen-bond donors (Lipinski definition) is 1. The van der Waals surface area contributed by atoms with Gasteiger partial charge in [-0.1, -0.05) is 52.4 Å². The molecular weight excluding hydrogens is 239 g/mol. The van der Waals surface area contributed by atoms with Crippen LogP contribution in [0, 0.1) is 5.95 Å². The molecule has 0 amide bonds. The van der Waals surface area contributed by atoms with Crippen LogP contribution in [-0.2, 0) is 0 Å².